The van der Waals surface area contributed by atoms with E-state index >= 15 is 0 Å². The van der Waals surface area contributed by atoms with Crippen LogP contribution in [0, 0.1) is 6.92 Å². The van der Waals surface area contributed by atoms with Crippen molar-refractivity contribution in [2.24, 2.45) is 7.05 Å². The Morgan fingerprint density at radius 3 is 2.59 bits per heavy atom. The topological polar surface area (TPSA) is 99.2 Å². The summed E-state index contributed by atoms with van der Waals surface area (Å²) < 4.78 is 39.4. The van der Waals surface area contributed by atoms with E-state index in [4.69, 9.17) is 20.8 Å². The summed E-state index contributed by atoms with van der Waals surface area (Å²) in [6.45, 7) is 1.75. The fraction of sp³-hybridized carbons (Fsp3) is 0.294. The predicted octanol–water partition coefficient (Wildman–Crippen LogP) is 2.57. The smallest absolute Gasteiger partial charge is 0.245 e. The maximum Gasteiger partial charge on any atom is 0.245 e. The molecule has 8 nitrogen and oxygen atoms in total. The molecule has 0 radical (unpaired) electrons. The molecular weight excluding hydrogens is 392 g/mol. The third-order valence-corrected chi connectivity index (χ3v) is 6.09. The Balaban J connectivity index is 1.65. The van der Waals surface area contributed by atoms with E-state index in [9.17, 15) is 8.42 Å². The molecule has 0 aliphatic carbocycles. The third-order valence-electron chi connectivity index (χ3n) is 3.93. The van der Waals surface area contributed by atoms with E-state index in [2.05, 4.69) is 14.8 Å². The molecular formula is C17H19ClN4O4S. The highest BCUT2D eigenvalue weighted by molar-refractivity contribution is 7.89. The number of aromatic nitrogens is 3. The maximum absolute atomic E-state index is 12.5. The SMILES string of the molecule is COc1ccc(-c2nc(CCNS(=O)(=O)c3c(C)nn(C)c3Cl)co2)cc1. The third kappa shape index (κ3) is 4.15. The van der Waals surface area contributed by atoms with Crippen LogP contribution in [0.3, 0.4) is 0 Å². The molecule has 3 rings (SSSR count). The molecule has 0 aliphatic rings. The van der Waals surface area contributed by atoms with Gasteiger partial charge >= 0.3 is 0 Å². The number of nitrogens with one attached hydrogen (secondary N) is 1. The van der Waals surface area contributed by atoms with E-state index < -0.39 is 10.0 Å². The Bertz CT molecular complexity index is 1040. The minimum atomic E-state index is -3.76. The van der Waals surface area contributed by atoms with Crippen LogP contribution in [0.25, 0.3) is 11.5 Å². The molecule has 0 atom stereocenters. The molecule has 2 heterocycles. The van der Waals surface area contributed by atoms with Crippen molar-refractivity contribution < 1.29 is 17.6 Å². The van der Waals surface area contributed by atoms with Gasteiger partial charge < -0.3 is 9.15 Å². The average Bonchev–Trinajstić information content (AvgIpc) is 3.19. The second-order valence-corrected chi connectivity index (χ2v) is 7.91. The molecule has 0 saturated carbocycles. The molecule has 0 spiro atoms. The van der Waals surface area contributed by atoms with Gasteiger partial charge in [-0.3, -0.25) is 4.68 Å². The lowest BCUT2D eigenvalue weighted by molar-refractivity contribution is 0.415. The lowest BCUT2D eigenvalue weighted by Crippen LogP contribution is -2.26. The van der Waals surface area contributed by atoms with Gasteiger partial charge in [0.05, 0.1) is 18.5 Å². The van der Waals surface area contributed by atoms with Gasteiger partial charge in [-0.25, -0.2) is 18.1 Å². The zero-order chi connectivity index (χ0) is 19.6. The van der Waals surface area contributed by atoms with Gasteiger partial charge in [0.15, 0.2) is 0 Å². The summed E-state index contributed by atoms with van der Waals surface area (Å²) in [5.74, 6) is 1.20. The monoisotopic (exact) mass is 410 g/mol. The van der Waals surface area contributed by atoms with Crippen LogP contribution in [-0.2, 0) is 23.5 Å². The van der Waals surface area contributed by atoms with Gasteiger partial charge in [-0.1, -0.05) is 11.6 Å². The Kier molecular flexibility index (Phi) is 5.54. The maximum atomic E-state index is 12.5. The van der Waals surface area contributed by atoms with E-state index in [1.807, 2.05) is 24.3 Å². The van der Waals surface area contributed by atoms with Gasteiger partial charge in [-0.05, 0) is 31.2 Å². The van der Waals surface area contributed by atoms with Gasteiger partial charge in [0, 0.05) is 25.6 Å². The summed E-state index contributed by atoms with van der Waals surface area (Å²) >= 11 is 6.03. The van der Waals surface area contributed by atoms with Gasteiger partial charge in [-0.2, -0.15) is 5.10 Å². The first-order valence-corrected chi connectivity index (χ1v) is 9.95. The normalized spacial score (nSPS) is 11.7. The molecule has 0 unspecified atom stereocenters. The summed E-state index contributed by atoms with van der Waals surface area (Å²) in [7, 11) is -0.577. The van der Waals surface area contributed by atoms with Crippen LogP contribution >= 0.6 is 11.6 Å². The summed E-state index contributed by atoms with van der Waals surface area (Å²) in [6, 6.07) is 7.30. The van der Waals surface area contributed by atoms with Crippen molar-refractivity contribution in [3.8, 4) is 17.2 Å². The molecule has 10 heteroatoms. The number of rotatable bonds is 7. The molecule has 1 N–H and O–H groups in total. The lowest BCUT2D eigenvalue weighted by atomic mass is 10.2. The number of sulfonamides is 1. The number of aryl methyl sites for hydroxylation is 2. The molecule has 0 amide bonds. The number of benzene rings is 1. The zero-order valence-electron chi connectivity index (χ0n) is 15.1. The van der Waals surface area contributed by atoms with Gasteiger partial charge in [-0.15, -0.1) is 0 Å². The van der Waals surface area contributed by atoms with Crippen LogP contribution in [0.5, 0.6) is 5.75 Å². The highest BCUT2D eigenvalue weighted by Crippen LogP contribution is 2.24. The Morgan fingerprint density at radius 2 is 2.00 bits per heavy atom. The van der Waals surface area contributed by atoms with Gasteiger partial charge in [0.1, 0.15) is 22.1 Å². The fourth-order valence-electron chi connectivity index (χ4n) is 2.59. The van der Waals surface area contributed by atoms with E-state index in [0.717, 1.165) is 11.3 Å². The van der Waals surface area contributed by atoms with Crippen LogP contribution < -0.4 is 9.46 Å². The zero-order valence-corrected chi connectivity index (χ0v) is 16.6. The number of hydrogen-bond acceptors (Lipinski definition) is 6. The van der Waals surface area contributed by atoms with Gasteiger partial charge in [0.25, 0.3) is 0 Å². The van der Waals surface area contributed by atoms with E-state index in [1.54, 1.807) is 21.1 Å². The molecule has 0 saturated heterocycles. The van der Waals surface area contributed by atoms with E-state index in [-0.39, 0.29) is 16.6 Å². The quantitative estimate of drug-likeness (QED) is 0.642. The number of ether oxygens (including phenoxy) is 1. The van der Waals surface area contributed by atoms with Crippen molar-refractivity contribution in [3.05, 3.63) is 47.1 Å². The summed E-state index contributed by atoms with van der Waals surface area (Å²) in [5.41, 5.74) is 1.79. The summed E-state index contributed by atoms with van der Waals surface area (Å²) in [6.07, 6.45) is 1.88. The Morgan fingerprint density at radius 1 is 1.30 bits per heavy atom. The fourth-order valence-corrected chi connectivity index (χ4v) is 4.37. The second kappa shape index (κ2) is 7.71. The highest BCUT2D eigenvalue weighted by Gasteiger charge is 2.24. The number of nitrogens with zero attached hydrogens (tertiary/aromatic N) is 3. The van der Waals surface area contributed by atoms with Crippen LogP contribution in [0.2, 0.25) is 5.15 Å². The van der Waals surface area contributed by atoms with Gasteiger partial charge in [0.2, 0.25) is 15.9 Å². The number of oxazole rings is 1. The molecule has 2 aromatic heterocycles. The molecule has 1 aromatic carbocycles. The average molecular weight is 411 g/mol. The first-order chi connectivity index (χ1) is 12.8. The van der Waals surface area contributed by atoms with Crippen molar-refractivity contribution in [1.29, 1.82) is 0 Å². The molecule has 0 aliphatic heterocycles. The largest absolute Gasteiger partial charge is 0.497 e. The molecule has 3 aromatic rings. The van der Waals surface area contributed by atoms with E-state index in [0.29, 0.717) is 23.7 Å². The number of methoxy groups -OCH3 is 1. The van der Waals surface area contributed by atoms with Crippen molar-refractivity contribution in [2.75, 3.05) is 13.7 Å². The lowest BCUT2D eigenvalue weighted by Gasteiger charge is -2.05. The minimum absolute atomic E-state index is 0.00857. The second-order valence-electron chi connectivity index (χ2n) is 5.85. The van der Waals surface area contributed by atoms with Crippen LogP contribution in [0.4, 0.5) is 0 Å². The first-order valence-electron chi connectivity index (χ1n) is 8.09. The minimum Gasteiger partial charge on any atom is -0.497 e. The van der Waals surface area contributed by atoms with Crippen LogP contribution in [0.15, 0.2) is 39.8 Å². The predicted molar refractivity (Wildman–Crippen MR) is 100 cm³/mol. The molecule has 0 fully saturated rings. The highest BCUT2D eigenvalue weighted by atomic mass is 35.5. The standard InChI is InChI=1S/C17H19ClN4O4S/c1-11-15(16(18)22(2)21-11)27(23,24)19-9-8-13-10-26-17(20-13)12-4-6-14(25-3)7-5-12/h4-7,10,19H,8-9H2,1-3H3. The summed E-state index contributed by atoms with van der Waals surface area (Å²) in [4.78, 5) is 4.37. The van der Waals surface area contributed by atoms with Crippen LogP contribution in [0.1, 0.15) is 11.4 Å². The van der Waals surface area contributed by atoms with Crippen molar-refractivity contribution in [2.45, 2.75) is 18.2 Å². The van der Waals surface area contributed by atoms with E-state index in [1.165, 1.54) is 10.9 Å². The molecule has 144 valence electrons. The Hall–Kier alpha value is -2.36. The van der Waals surface area contributed by atoms with Crippen molar-refractivity contribution in [1.82, 2.24) is 19.5 Å². The van der Waals surface area contributed by atoms with Crippen LogP contribution in [-0.4, -0.2) is 36.8 Å². The molecule has 0 bridgehead atoms. The van der Waals surface area contributed by atoms with Crippen molar-refractivity contribution >= 4 is 21.6 Å². The first kappa shape index (κ1) is 19.4. The number of halogens is 1. The van der Waals surface area contributed by atoms with Crippen molar-refractivity contribution in [3.63, 3.8) is 0 Å². The number of hydrogen-bond donors (Lipinski definition) is 1. The summed E-state index contributed by atoms with van der Waals surface area (Å²) in [5, 5.41) is 4.09. The Labute approximate surface area is 162 Å². The molecule has 27 heavy (non-hydrogen) atoms.